The highest BCUT2D eigenvalue weighted by molar-refractivity contribution is 5.79. The lowest BCUT2D eigenvalue weighted by Crippen LogP contribution is -2.53. The molecule has 3 rings (SSSR count). The van der Waals surface area contributed by atoms with Gasteiger partial charge in [-0.05, 0) is 49.4 Å². The van der Waals surface area contributed by atoms with Crippen LogP contribution < -0.4 is 11.1 Å². The van der Waals surface area contributed by atoms with Gasteiger partial charge in [0.1, 0.15) is 0 Å². The number of nitrogens with one attached hydrogen (secondary N) is 1. The molecular weight excluding hydrogens is 276 g/mol. The first-order chi connectivity index (χ1) is 10.6. The molecule has 1 atom stereocenters. The van der Waals surface area contributed by atoms with Crippen molar-refractivity contribution in [2.24, 2.45) is 11.7 Å². The zero-order chi connectivity index (χ0) is 15.6. The van der Waals surface area contributed by atoms with Crippen LogP contribution in [0.25, 0.3) is 5.69 Å². The predicted molar refractivity (Wildman–Crippen MR) is 85.6 cm³/mol. The number of hydrogen-bond acceptors (Lipinski definition) is 3. The number of nitrogens with zero attached hydrogens (tertiary/aromatic N) is 2. The fourth-order valence-corrected chi connectivity index (χ4v) is 2.78. The second kappa shape index (κ2) is 5.93. The topological polar surface area (TPSA) is 72.9 Å². The summed E-state index contributed by atoms with van der Waals surface area (Å²) in [4.78, 5) is 12.2. The lowest BCUT2D eigenvalue weighted by atomic mass is 9.95. The van der Waals surface area contributed by atoms with Crippen molar-refractivity contribution >= 4 is 5.91 Å². The van der Waals surface area contributed by atoms with E-state index in [2.05, 4.69) is 10.4 Å². The summed E-state index contributed by atoms with van der Waals surface area (Å²) in [6, 6.07) is 9.76. The van der Waals surface area contributed by atoms with Gasteiger partial charge >= 0.3 is 0 Å². The maximum atomic E-state index is 12.2. The summed E-state index contributed by atoms with van der Waals surface area (Å²) in [6.07, 6.45) is 6.33. The number of nitrogens with two attached hydrogens (primary N) is 1. The lowest BCUT2D eigenvalue weighted by molar-refractivity contribution is -0.122. The predicted octanol–water partition coefficient (Wildman–Crippen LogP) is 1.66. The van der Waals surface area contributed by atoms with Gasteiger partial charge in [0.2, 0.25) is 5.91 Å². The molecule has 3 N–H and O–H groups in total. The molecule has 2 aromatic rings. The van der Waals surface area contributed by atoms with Crippen LogP contribution in [0.4, 0.5) is 0 Å². The fourth-order valence-electron chi connectivity index (χ4n) is 2.78. The molecule has 1 heterocycles. The first kappa shape index (κ1) is 14.8. The minimum absolute atomic E-state index is 0.0340. The first-order valence-electron chi connectivity index (χ1n) is 7.71. The van der Waals surface area contributed by atoms with Gasteiger partial charge in [0, 0.05) is 18.9 Å². The van der Waals surface area contributed by atoms with E-state index in [9.17, 15) is 4.79 Å². The monoisotopic (exact) mass is 298 g/mol. The largest absolute Gasteiger partial charge is 0.349 e. The van der Waals surface area contributed by atoms with E-state index in [1.807, 2.05) is 43.5 Å². The standard InChI is InChI=1S/C17H22N4O/c1-17(12-18,14-5-6-14)20-16(22)11-13-3-7-15(8-4-13)21-10-2-9-19-21/h2-4,7-10,14H,5-6,11-12,18H2,1H3,(H,20,22). The van der Waals surface area contributed by atoms with Crippen molar-refractivity contribution in [3.63, 3.8) is 0 Å². The van der Waals surface area contributed by atoms with Crippen LogP contribution in [0.2, 0.25) is 0 Å². The van der Waals surface area contributed by atoms with Crippen LogP contribution in [0.15, 0.2) is 42.7 Å². The van der Waals surface area contributed by atoms with E-state index in [1.54, 1.807) is 10.9 Å². The Hall–Kier alpha value is -2.14. The highest BCUT2D eigenvalue weighted by Gasteiger charge is 2.41. The van der Waals surface area contributed by atoms with Crippen molar-refractivity contribution in [1.29, 1.82) is 0 Å². The molecule has 0 spiro atoms. The number of carbonyl (C=O) groups is 1. The average molecular weight is 298 g/mol. The molecule has 1 aliphatic rings. The van der Waals surface area contributed by atoms with Crippen molar-refractivity contribution in [3.8, 4) is 5.69 Å². The molecule has 1 saturated carbocycles. The van der Waals surface area contributed by atoms with Crippen LogP contribution in [0.5, 0.6) is 0 Å². The van der Waals surface area contributed by atoms with E-state index < -0.39 is 0 Å². The molecule has 0 aliphatic heterocycles. The molecule has 0 bridgehead atoms. The molecule has 0 saturated heterocycles. The minimum atomic E-state index is -0.258. The minimum Gasteiger partial charge on any atom is -0.349 e. The number of amides is 1. The van der Waals surface area contributed by atoms with E-state index in [4.69, 9.17) is 5.73 Å². The molecule has 116 valence electrons. The van der Waals surface area contributed by atoms with E-state index >= 15 is 0 Å². The second-order valence-electron chi connectivity index (χ2n) is 6.24. The quantitative estimate of drug-likeness (QED) is 0.852. The summed E-state index contributed by atoms with van der Waals surface area (Å²) in [5, 5.41) is 7.30. The van der Waals surface area contributed by atoms with Gasteiger partial charge < -0.3 is 11.1 Å². The third-order valence-electron chi connectivity index (χ3n) is 4.40. The molecule has 1 aromatic heterocycles. The van der Waals surface area contributed by atoms with Gasteiger partial charge in [-0.25, -0.2) is 4.68 Å². The Morgan fingerprint density at radius 2 is 2.14 bits per heavy atom. The maximum Gasteiger partial charge on any atom is 0.224 e. The number of rotatable bonds is 6. The molecule has 1 unspecified atom stereocenters. The maximum absolute atomic E-state index is 12.2. The van der Waals surface area contributed by atoms with Crippen LogP contribution in [0, 0.1) is 5.92 Å². The van der Waals surface area contributed by atoms with Crippen LogP contribution >= 0.6 is 0 Å². The second-order valence-corrected chi connectivity index (χ2v) is 6.24. The van der Waals surface area contributed by atoms with Gasteiger partial charge in [-0.2, -0.15) is 5.10 Å². The molecular formula is C17H22N4O. The summed E-state index contributed by atoms with van der Waals surface area (Å²) < 4.78 is 1.79. The molecule has 1 amide bonds. The Morgan fingerprint density at radius 3 is 2.68 bits per heavy atom. The molecule has 1 aromatic carbocycles. The zero-order valence-corrected chi connectivity index (χ0v) is 12.8. The summed E-state index contributed by atoms with van der Waals surface area (Å²) in [6.45, 7) is 2.53. The Morgan fingerprint density at radius 1 is 1.41 bits per heavy atom. The average Bonchev–Trinajstić information content (AvgIpc) is 3.24. The van der Waals surface area contributed by atoms with Gasteiger partial charge in [-0.15, -0.1) is 0 Å². The Kier molecular flexibility index (Phi) is 3.98. The zero-order valence-electron chi connectivity index (χ0n) is 12.8. The van der Waals surface area contributed by atoms with Gasteiger partial charge in [0.15, 0.2) is 0 Å². The van der Waals surface area contributed by atoms with E-state index in [0.717, 1.165) is 24.1 Å². The molecule has 1 aliphatic carbocycles. The van der Waals surface area contributed by atoms with Crippen molar-refractivity contribution in [2.75, 3.05) is 6.54 Å². The lowest BCUT2D eigenvalue weighted by Gasteiger charge is -2.29. The van der Waals surface area contributed by atoms with E-state index in [0.29, 0.717) is 18.9 Å². The smallest absolute Gasteiger partial charge is 0.224 e. The first-order valence-corrected chi connectivity index (χ1v) is 7.71. The van der Waals surface area contributed by atoms with Crippen LogP contribution in [0.1, 0.15) is 25.3 Å². The fraction of sp³-hybridized carbons (Fsp3) is 0.412. The Bertz CT molecular complexity index is 631. The number of carbonyl (C=O) groups excluding carboxylic acids is 1. The van der Waals surface area contributed by atoms with E-state index in [-0.39, 0.29) is 11.4 Å². The normalized spacial score (nSPS) is 17.0. The van der Waals surface area contributed by atoms with Crippen LogP contribution in [-0.2, 0) is 11.2 Å². The van der Waals surface area contributed by atoms with Crippen LogP contribution in [0.3, 0.4) is 0 Å². The van der Waals surface area contributed by atoms with E-state index in [1.165, 1.54) is 0 Å². The summed E-state index contributed by atoms with van der Waals surface area (Å²) >= 11 is 0. The van der Waals surface area contributed by atoms with Crippen molar-refractivity contribution in [2.45, 2.75) is 31.7 Å². The molecule has 5 heteroatoms. The van der Waals surface area contributed by atoms with Crippen LogP contribution in [-0.4, -0.2) is 27.8 Å². The number of benzene rings is 1. The van der Waals surface area contributed by atoms with Crippen molar-refractivity contribution in [3.05, 3.63) is 48.3 Å². The van der Waals surface area contributed by atoms with Crippen molar-refractivity contribution < 1.29 is 4.79 Å². The van der Waals surface area contributed by atoms with Gasteiger partial charge in [0.25, 0.3) is 0 Å². The highest BCUT2D eigenvalue weighted by Crippen LogP contribution is 2.38. The molecule has 1 fully saturated rings. The Balaban J connectivity index is 1.62. The third kappa shape index (κ3) is 3.20. The number of aromatic nitrogens is 2. The van der Waals surface area contributed by atoms with Gasteiger partial charge in [-0.3, -0.25) is 4.79 Å². The molecule has 22 heavy (non-hydrogen) atoms. The molecule has 0 radical (unpaired) electrons. The third-order valence-corrected chi connectivity index (χ3v) is 4.40. The number of hydrogen-bond donors (Lipinski definition) is 2. The Labute approximate surface area is 130 Å². The summed E-state index contributed by atoms with van der Waals surface area (Å²) in [7, 11) is 0. The summed E-state index contributed by atoms with van der Waals surface area (Å²) in [5.74, 6) is 0.565. The van der Waals surface area contributed by atoms with Gasteiger partial charge in [0.05, 0.1) is 17.6 Å². The molecule has 5 nitrogen and oxygen atoms in total. The highest BCUT2D eigenvalue weighted by atomic mass is 16.1. The summed E-state index contributed by atoms with van der Waals surface area (Å²) in [5.41, 5.74) is 7.56. The SMILES string of the molecule is CC(CN)(NC(=O)Cc1ccc(-n2cccn2)cc1)C1CC1. The van der Waals surface area contributed by atoms with Gasteiger partial charge in [-0.1, -0.05) is 12.1 Å². The van der Waals surface area contributed by atoms with Crippen molar-refractivity contribution in [1.82, 2.24) is 15.1 Å².